The molecule has 1 rings (SSSR count). The first-order valence-corrected chi connectivity index (χ1v) is 8.26. The SMILES string of the molecule is CN(C)CC(C[NH+](C)C)C(O)=[NH+]CCCCc1ccccc1. The van der Waals surface area contributed by atoms with Crippen molar-refractivity contribution in [2.24, 2.45) is 5.92 Å². The summed E-state index contributed by atoms with van der Waals surface area (Å²) >= 11 is 0. The van der Waals surface area contributed by atoms with Gasteiger partial charge in [-0.15, -0.1) is 0 Å². The Hall–Kier alpha value is -1.39. The fourth-order valence-electron chi connectivity index (χ4n) is 2.64. The van der Waals surface area contributed by atoms with E-state index in [4.69, 9.17) is 0 Å². The quantitative estimate of drug-likeness (QED) is 0.306. The Labute approximate surface area is 135 Å². The second-order valence-corrected chi connectivity index (χ2v) is 6.63. The lowest BCUT2D eigenvalue weighted by atomic mass is 10.1. The first-order valence-electron chi connectivity index (χ1n) is 8.26. The van der Waals surface area contributed by atoms with Crippen molar-refractivity contribution in [2.45, 2.75) is 19.3 Å². The molecule has 0 amide bonds. The lowest BCUT2D eigenvalue weighted by Gasteiger charge is -2.18. The van der Waals surface area contributed by atoms with Crippen LogP contribution in [0.1, 0.15) is 18.4 Å². The molecular weight excluding hydrogens is 274 g/mol. The number of aliphatic hydroxyl groups is 1. The van der Waals surface area contributed by atoms with E-state index in [0.717, 1.165) is 38.9 Å². The van der Waals surface area contributed by atoms with Gasteiger partial charge in [0.25, 0.3) is 0 Å². The second kappa shape index (κ2) is 10.4. The topological polar surface area (TPSA) is 41.9 Å². The summed E-state index contributed by atoms with van der Waals surface area (Å²) in [7, 11) is 8.34. The Morgan fingerprint density at radius 2 is 1.86 bits per heavy atom. The minimum absolute atomic E-state index is 0.175. The summed E-state index contributed by atoms with van der Waals surface area (Å²) in [6, 6.07) is 10.6. The third-order valence-corrected chi connectivity index (χ3v) is 3.67. The highest BCUT2D eigenvalue weighted by Gasteiger charge is 2.24. The highest BCUT2D eigenvalue weighted by Crippen LogP contribution is 2.03. The van der Waals surface area contributed by atoms with Gasteiger partial charge in [-0.2, -0.15) is 0 Å². The standard InChI is InChI=1S/C18H31N3O/c1-20(2)14-17(15-21(3)4)18(22)19-13-9-8-12-16-10-6-5-7-11-16/h5-7,10-11,17H,8-9,12-15H2,1-4H3,(H,19,22)/p+2. The largest absolute Gasteiger partial charge is 0.463 e. The number of unbranched alkanes of at least 4 members (excludes halogenated alkanes) is 1. The predicted octanol–water partition coefficient (Wildman–Crippen LogP) is -0.631. The van der Waals surface area contributed by atoms with E-state index in [1.165, 1.54) is 10.5 Å². The van der Waals surface area contributed by atoms with E-state index >= 15 is 0 Å². The number of nitrogens with zero attached hydrogens (tertiary/aromatic N) is 1. The van der Waals surface area contributed by atoms with E-state index in [9.17, 15) is 5.11 Å². The smallest absolute Gasteiger partial charge is 0.342 e. The summed E-state index contributed by atoms with van der Waals surface area (Å²) in [6.07, 6.45) is 3.32. The maximum absolute atomic E-state index is 10.3. The van der Waals surface area contributed by atoms with Crippen LogP contribution in [-0.2, 0) is 6.42 Å². The third-order valence-electron chi connectivity index (χ3n) is 3.67. The molecule has 3 N–H and O–H groups in total. The molecule has 0 spiro atoms. The van der Waals surface area contributed by atoms with Gasteiger partial charge in [-0.1, -0.05) is 30.3 Å². The van der Waals surface area contributed by atoms with Crippen molar-refractivity contribution in [2.75, 3.05) is 47.8 Å². The van der Waals surface area contributed by atoms with Gasteiger partial charge in [0.05, 0.1) is 20.6 Å². The van der Waals surface area contributed by atoms with Crippen LogP contribution in [0.4, 0.5) is 0 Å². The van der Waals surface area contributed by atoms with Crippen molar-refractivity contribution in [1.29, 1.82) is 0 Å². The fourth-order valence-corrected chi connectivity index (χ4v) is 2.64. The van der Waals surface area contributed by atoms with Gasteiger partial charge in [0.2, 0.25) is 0 Å². The van der Waals surface area contributed by atoms with Crippen molar-refractivity contribution in [3.05, 3.63) is 35.9 Å². The van der Waals surface area contributed by atoms with E-state index < -0.39 is 0 Å². The van der Waals surface area contributed by atoms with Gasteiger partial charge in [0, 0.05) is 13.0 Å². The molecule has 0 radical (unpaired) electrons. The van der Waals surface area contributed by atoms with Crippen LogP contribution in [0.3, 0.4) is 0 Å². The van der Waals surface area contributed by atoms with Crippen LogP contribution in [0, 0.1) is 5.92 Å². The first kappa shape index (κ1) is 18.7. The lowest BCUT2D eigenvalue weighted by molar-refractivity contribution is -0.861. The molecule has 0 aliphatic rings. The average molecular weight is 307 g/mol. The molecule has 0 aromatic heterocycles. The maximum Gasteiger partial charge on any atom is 0.342 e. The first-order chi connectivity index (χ1) is 10.5. The Bertz CT molecular complexity index is 419. The number of aliphatic hydroxyl groups excluding tert-OH is 1. The molecule has 4 nitrogen and oxygen atoms in total. The van der Waals surface area contributed by atoms with Crippen LogP contribution in [0.5, 0.6) is 0 Å². The molecule has 124 valence electrons. The van der Waals surface area contributed by atoms with Crippen molar-refractivity contribution in [3.63, 3.8) is 0 Å². The molecular formula is C18H33N3O+2. The normalized spacial score (nSPS) is 13.8. The molecule has 0 saturated carbocycles. The van der Waals surface area contributed by atoms with Gasteiger partial charge in [0.1, 0.15) is 12.5 Å². The van der Waals surface area contributed by atoms with E-state index in [1.54, 1.807) is 0 Å². The summed E-state index contributed by atoms with van der Waals surface area (Å²) in [6.45, 7) is 2.64. The molecule has 22 heavy (non-hydrogen) atoms. The van der Waals surface area contributed by atoms with Gasteiger partial charge in [-0.05, 0) is 32.5 Å². The maximum atomic E-state index is 10.3. The Kier molecular flexibility index (Phi) is 8.78. The van der Waals surface area contributed by atoms with Gasteiger partial charge >= 0.3 is 5.90 Å². The molecule has 0 saturated heterocycles. The van der Waals surface area contributed by atoms with Gasteiger partial charge in [-0.25, -0.2) is 4.99 Å². The molecule has 0 bridgehead atoms. The number of nitrogens with one attached hydrogen (secondary N) is 2. The summed E-state index contributed by atoms with van der Waals surface area (Å²) in [5.74, 6) is 0.615. The Morgan fingerprint density at radius 1 is 1.18 bits per heavy atom. The molecule has 1 unspecified atom stereocenters. The van der Waals surface area contributed by atoms with E-state index in [-0.39, 0.29) is 5.92 Å². The summed E-state index contributed by atoms with van der Waals surface area (Å²) in [5, 5.41) is 10.3. The number of rotatable bonds is 10. The van der Waals surface area contributed by atoms with Gasteiger partial charge in [0.15, 0.2) is 0 Å². The zero-order valence-corrected chi connectivity index (χ0v) is 14.6. The number of aryl methyl sites for hydroxylation is 1. The molecule has 0 fully saturated rings. The number of quaternary nitrogens is 1. The van der Waals surface area contributed by atoms with Crippen LogP contribution in [0.25, 0.3) is 0 Å². The van der Waals surface area contributed by atoms with E-state index in [1.807, 2.05) is 14.1 Å². The molecule has 1 atom stereocenters. The van der Waals surface area contributed by atoms with Crippen LogP contribution in [0.15, 0.2) is 30.3 Å². The van der Waals surface area contributed by atoms with Crippen molar-refractivity contribution >= 4 is 5.90 Å². The Morgan fingerprint density at radius 3 is 2.45 bits per heavy atom. The second-order valence-electron chi connectivity index (χ2n) is 6.63. The van der Waals surface area contributed by atoms with Crippen LogP contribution in [-0.4, -0.2) is 63.7 Å². The minimum atomic E-state index is 0.175. The van der Waals surface area contributed by atoms with Crippen LogP contribution in [0.2, 0.25) is 0 Å². The van der Waals surface area contributed by atoms with E-state index in [2.05, 4.69) is 54.3 Å². The number of hydrogen-bond acceptors (Lipinski definition) is 1. The Balaban J connectivity index is 2.35. The number of hydrogen-bond donors (Lipinski definition) is 3. The lowest BCUT2D eigenvalue weighted by Crippen LogP contribution is -3.07. The highest BCUT2D eigenvalue weighted by atomic mass is 16.3. The van der Waals surface area contributed by atoms with Gasteiger partial charge < -0.3 is 14.9 Å². The molecule has 1 aromatic rings. The summed E-state index contributed by atoms with van der Waals surface area (Å²) < 4.78 is 0. The number of benzene rings is 1. The predicted molar refractivity (Wildman–Crippen MR) is 92.6 cm³/mol. The molecule has 4 heteroatoms. The van der Waals surface area contributed by atoms with Gasteiger partial charge in [-0.3, -0.25) is 0 Å². The molecule has 0 heterocycles. The van der Waals surface area contributed by atoms with Crippen LogP contribution < -0.4 is 9.89 Å². The molecule has 0 aliphatic carbocycles. The molecule has 0 aliphatic heterocycles. The average Bonchev–Trinajstić information content (AvgIpc) is 2.46. The zero-order valence-electron chi connectivity index (χ0n) is 14.6. The summed E-state index contributed by atoms with van der Waals surface area (Å²) in [4.78, 5) is 6.69. The monoisotopic (exact) mass is 307 g/mol. The van der Waals surface area contributed by atoms with E-state index in [0.29, 0.717) is 5.90 Å². The minimum Gasteiger partial charge on any atom is -0.463 e. The molecule has 1 aromatic carbocycles. The third kappa shape index (κ3) is 8.15. The summed E-state index contributed by atoms with van der Waals surface area (Å²) in [5.41, 5.74) is 1.39. The van der Waals surface area contributed by atoms with Crippen molar-refractivity contribution in [3.8, 4) is 0 Å². The zero-order chi connectivity index (χ0) is 16.4. The fraction of sp³-hybridized carbons (Fsp3) is 0.611. The van der Waals surface area contributed by atoms with Crippen LogP contribution >= 0.6 is 0 Å². The highest BCUT2D eigenvalue weighted by molar-refractivity contribution is 5.70. The van der Waals surface area contributed by atoms with Crippen molar-refractivity contribution in [1.82, 2.24) is 4.90 Å². The van der Waals surface area contributed by atoms with Crippen molar-refractivity contribution < 1.29 is 15.0 Å².